The Morgan fingerprint density at radius 2 is 1.84 bits per heavy atom. The van der Waals surface area contributed by atoms with Crippen molar-refractivity contribution in [3.8, 4) is 0 Å². The number of carboxylic acid groups (broad SMARTS) is 1. The zero-order chi connectivity index (χ0) is 13.9. The van der Waals surface area contributed by atoms with Crippen molar-refractivity contribution in [2.24, 2.45) is 0 Å². The Kier molecular flexibility index (Phi) is 3.48. The number of aromatic carboxylic acids is 1. The van der Waals surface area contributed by atoms with Crippen LogP contribution in [0.5, 0.6) is 0 Å². The van der Waals surface area contributed by atoms with E-state index in [0.29, 0.717) is 5.69 Å². The molecule has 1 heterocycles. The van der Waals surface area contributed by atoms with Crippen LogP contribution in [-0.4, -0.2) is 24.5 Å². The summed E-state index contributed by atoms with van der Waals surface area (Å²) >= 11 is 0. The van der Waals surface area contributed by atoms with Crippen LogP contribution in [0.15, 0.2) is 53.7 Å². The van der Waals surface area contributed by atoms with Gasteiger partial charge in [-0.2, -0.15) is 0 Å². The normalized spacial score (nSPS) is 10.9. The van der Waals surface area contributed by atoms with Gasteiger partial charge in [0.15, 0.2) is 0 Å². The zero-order valence-corrected chi connectivity index (χ0v) is 10.5. The molecule has 2 N–H and O–H groups in total. The first-order chi connectivity index (χ1) is 8.99. The molecule has 0 fully saturated rings. The van der Waals surface area contributed by atoms with Crippen molar-refractivity contribution in [3.63, 3.8) is 0 Å². The summed E-state index contributed by atoms with van der Waals surface area (Å²) in [4.78, 5) is 14.5. The molecule has 0 aliphatic heterocycles. The Labute approximate surface area is 109 Å². The number of nitrogens with zero attached hydrogens (tertiary/aromatic N) is 1. The average Bonchev–Trinajstić information content (AvgIpc) is 2.39. The Hall–Kier alpha value is -2.41. The van der Waals surface area contributed by atoms with Crippen LogP contribution >= 0.6 is 0 Å². The van der Waals surface area contributed by atoms with E-state index in [0.717, 1.165) is 6.07 Å². The van der Waals surface area contributed by atoms with E-state index in [1.54, 1.807) is 0 Å². The number of nitrogens with one attached hydrogen (secondary N) is 1. The van der Waals surface area contributed by atoms with Gasteiger partial charge in [0, 0.05) is 12.4 Å². The van der Waals surface area contributed by atoms with Crippen molar-refractivity contribution in [1.29, 1.82) is 0 Å². The molecule has 1 aromatic carbocycles. The molecule has 0 saturated carbocycles. The fourth-order valence-corrected chi connectivity index (χ4v) is 2.53. The minimum Gasteiger partial charge on any atom is -0.478 e. The van der Waals surface area contributed by atoms with E-state index in [4.69, 9.17) is 5.11 Å². The highest BCUT2D eigenvalue weighted by Crippen LogP contribution is 2.16. The Bertz CT molecular complexity index is 699. The first kappa shape index (κ1) is 13.0. The summed E-state index contributed by atoms with van der Waals surface area (Å²) in [6, 6.07) is 8.14. The van der Waals surface area contributed by atoms with E-state index in [9.17, 15) is 13.2 Å². The largest absolute Gasteiger partial charge is 0.478 e. The van der Waals surface area contributed by atoms with Crippen LogP contribution in [0.4, 0.5) is 5.69 Å². The monoisotopic (exact) mass is 278 g/mol. The van der Waals surface area contributed by atoms with E-state index in [2.05, 4.69) is 9.71 Å². The molecule has 0 unspecified atom stereocenters. The number of hydrogen-bond acceptors (Lipinski definition) is 4. The van der Waals surface area contributed by atoms with Crippen molar-refractivity contribution in [2.45, 2.75) is 4.90 Å². The summed E-state index contributed by atoms with van der Waals surface area (Å²) in [5.74, 6) is -1.18. The van der Waals surface area contributed by atoms with Gasteiger partial charge < -0.3 is 5.11 Å². The second-order valence-electron chi connectivity index (χ2n) is 3.67. The predicted molar refractivity (Wildman–Crippen MR) is 68.4 cm³/mol. The highest BCUT2D eigenvalue weighted by Gasteiger charge is 2.16. The molecule has 1 aromatic heterocycles. The van der Waals surface area contributed by atoms with Gasteiger partial charge in [-0.05, 0) is 30.3 Å². The molecule has 0 radical (unpaired) electrons. The molecule has 2 aromatic rings. The highest BCUT2D eigenvalue weighted by atomic mass is 32.2. The van der Waals surface area contributed by atoms with Crippen LogP contribution in [0.1, 0.15) is 10.4 Å². The van der Waals surface area contributed by atoms with Gasteiger partial charge in [0.05, 0.1) is 16.1 Å². The quantitative estimate of drug-likeness (QED) is 0.885. The standard InChI is InChI=1S/C12H10N2O4S/c15-12(16)9-2-1-3-11(8-9)19(17,18)14-10-4-6-13-7-5-10/h1-8H,(H,13,14)(H,15,16). The van der Waals surface area contributed by atoms with Gasteiger partial charge in [-0.25, -0.2) is 13.2 Å². The van der Waals surface area contributed by atoms with E-state index in [1.807, 2.05) is 0 Å². The zero-order valence-electron chi connectivity index (χ0n) is 9.65. The molecule has 0 amide bonds. The Morgan fingerprint density at radius 1 is 1.16 bits per heavy atom. The maximum absolute atomic E-state index is 12.1. The van der Waals surface area contributed by atoms with Gasteiger partial charge in [0.2, 0.25) is 0 Å². The molecule has 98 valence electrons. The molecule has 0 aliphatic carbocycles. The van der Waals surface area contributed by atoms with Gasteiger partial charge in [0.1, 0.15) is 0 Å². The van der Waals surface area contributed by atoms with Crippen molar-refractivity contribution in [2.75, 3.05) is 4.72 Å². The molecule has 2 rings (SSSR count). The summed E-state index contributed by atoms with van der Waals surface area (Å²) in [6.07, 6.45) is 2.90. The van der Waals surface area contributed by atoms with Crippen LogP contribution in [-0.2, 0) is 10.0 Å². The van der Waals surface area contributed by atoms with Crippen molar-refractivity contribution in [1.82, 2.24) is 4.98 Å². The van der Waals surface area contributed by atoms with Gasteiger partial charge in [-0.1, -0.05) is 6.07 Å². The van der Waals surface area contributed by atoms with E-state index in [1.165, 1.54) is 42.7 Å². The third-order valence-electron chi connectivity index (χ3n) is 2.32. The maximum atomic E-state index is 12.1. The van der Waals surface area contributed by atoms with Crippen molar-refractivity contribution >= 4 is 21.7 Å². The van der Waals surface area contributed by atoms with Crippen LogP contribution in [0.3, 0.4) is 0 Å². The lowest BCUT2D eigenvalue weighted by molar-refractivity contribution is 0.0696. The summed E-state index contributed by atoms with van der Waals surface area (Å²) in [7, 11) is -3.81. The van der Waals surface area contributed by atoms with Crippen molar-refractivity contribution < 1.29 is 18.3 Å². The molecular weight excluding hydrogens is 268 g/mol. The number of rotatable bonds is 4. The van der Waals surface area contributed by atoms with Crippen LogP contribution in [0.2, 0.25) is 0 Å². The SMILES string of the molecule is O=C(O)c1cccc(S(=O)(=O)Nc2ccncc2)c1. The summed E-state index contributed by atoms with van der Waals surface area (Å²) in [6.45, 7) is 0. The van der Waals surface area contributed by atoms with Gasteiger partial charge in [-0.15, -0.1) is 0 Å². The average molecular weight is 278 g/mol. The molecule has 0 saturated heterocycles. The van der Waals surface area contributed by atoms with Crippen LogP contribution in [0.25, 0.3) is 0 Å². The van der Waals surface area contributed by atoms with Gasteiger partial charge in [0.25, 0.3) is 10.0 Å². The minimum atomic E-state index is -3.81. The molecule has 7 heteroatoms. The predicted octanol–water partition coefficient (Wildman–Crippen LogP) is 1.58. The summed E-state index contributed by atoms with van der Waals surface area (Å²) < 4.78 is 26.4. The number of carbonyl (C=O) groups is 1. The van der Waals surface area contributed by atoms with Crippen molar-refractivity contribution in [3.05, 3.63) is 54.4 Å². The number of aromatic nitrogens is 1. The van der Waals surface area contributed by atoms with Crippen LogP contribution < -0.4 is 4.72 Å². The Balaban J connectivity index is 2.35. The highest BCUT2D eigenvalue weighted by molar-refractivity contribution is 7.92. The third-order valence-corrected chi connectivity index (χ3v) is 3.70. The fourth-order valence-electron chi connectivity index (χ4n) is 1.43. The fraction of sp³-hybridized carbons (Fsp3) is 0. The smallest absolute Gasteiger partial charge is 0.335 e. The molecule has 0 bridgehead atoms. The molecule has 0 atom stereocenters. The number of benzene rings is 1. The molecular formula is C12H10N2O4S. The lowest BCUT2D eigenvalue weighted by atomic mass is 10.2. The molecule has 0 spiro atoms. The van der Waals surface area contributed by atoms with Gasteiger partial charge >= 0.3 is 5.97 Å². The van der Waals surface area contributed by atoms with E-state index >= 15 is 0 Å². The lowest BCUT2D eigenvalue weighted by Gasteiger charge is -2.08. The second-order valence-corrected chi connectivity index (χ2v) is 5.36. The topological polar surface area (TPSA) is 96.4 Å². The first-order valence-corrected chi connectivity index (χ1v) is 6.73. The van der Waals surface area contributed by atoms with E-state index < -0.39 is 16.0 Å². The second kappa shape index (κ2) is 5.07. The summed E-state index contributed by atoms with van der Waals surface area (Å²) in [5.41, 5.74) is 0.272. The van der Waals surface area contributed by atoms with Gasteiger partial charge in [-0.3, -0.25) is 9.71 Å². The number of carboxylic acids is 1. The third kappa shape index (κ3) is 3.08. The molecule has 6 nitrogen and oxygen atoms in total. The number of pyridine rings is 1. The number of anilines is 1. The first-order valence-electron chi connectivity index (χ1n) is 5.25. The summed E-state index contributed by atoms with van der Waals surface area (Å²) in [5, 5.41) is 8.84. The lowest BCUT2D eigenvalue weighted by Crippen LogP contribution is -2.13. The van der Waals surface area contributed by atoms with Crippen LogP contribution in [0, 0.1) is 0 Å². The molecule has 0 aliphatic rings. The Morgan fingerprint density at radius 3 is 2.47 bits per heavy atom. The number of hydrogen-bond donors (Lipinski definition) is 2. The number of sulfonamides is 1. The molecule has 19 heavy (non-hydrogen) atoms. The maximum Gasteiger partial charge on any atom is 0.335 e. The minimum absolute atomic E-state index is 0.0856. The van der Waals surface area contributed by atoms with E-state index in [-0.39, 0.29) is 10.5 Å².